The van der Waals surface area contributed by atoms with Crippen molar-refractivity contribution in [1.29, 1.82) is 0 Å². The van der Waals surface area contributed by atoms with Crippen molar-refractivity contribution in [2.75, 3.05) is 0 Å². The molecule has 2 aliphatic rings. The quantitative estimate of drug-likeness (QED) is 0.555. The van der Waals surface area contributed by atoms with Gasteiger partial charge in [-0.3, -0.25) is 19.2 Å². The van der Waals surface area contributed by atoms with Crippen molar-refractivity contribution < 1.29 is 19.2 Å². The lowest BCUT2D eigenvalue weighted by molar-refractivity contribution is 0.0815. The third kappa shape index (κ3) is 2.91. The van der Waals surface area contributed by atoms with Crippen LogP contribution >= 0.6 is 0 Å². The standard InChI is InChI=1S/C14H8O2.C10H6O2/c15-13-11-7-3-1-5-9(11)10-6-2-4-8-12(10)14(13)16;11-9-5-6-10(12)8-4-2-1-3-7(8)9/h1-8H;1-6H. The fourth-order valence-electron chi connectivity index (χ4n) is 3.32. The molecule has 5 rings (SSSR count). The molecule has 28 heavy (non-hydrogen) atoms. The Labute approximate surface area is 161 Å². The molecular formula is C24H14O4. The van der Waals surface area contributed by atoms with E-state index in [2.05, 4.69) is 0 Å². The van der Waals surface area contributed by atoms with Gasteiger partial charge in [-0.15, -0.1) is 0 Å². The van der Waals surface area contributed by atoms with Gasteiger partial charge >= 0.3 is 0 Å². The van der Waals surface area contributed by atoms with Gasteiger partial charge in [0.15, 0.2) is 11.6 Å². The first-order chi connectivity index (χ1) is 13.6. The largest absolute Gasteiger partial charge is 0.289 e. The Hall–Kier alpha value is -3.92. The summed E-state index contributed by atoms with van der Waals surface area (Å²) < 4.78 is 0. The molecule has 0 bridgehead atoms. The lowest BCUT2D eigenvalue weighted by Gasteiger charge is -2.16. The molecule has 3 aromatic carbocycles. The maximum absolute atomic E-state index is 11.8. The summed E-state index contributed by atoms with van der Waals surface area (Å²) in [6, 6.07) is 21.3. The number of rotatable bonds is 0. The highest BCUT2D eigenvalue weighted by atomic mass is 16.2. The fraction of sp³-hybridized carbons (Fsp3) is 0. The van der Waals surface area contributed by atoms with Crippen molar-refractivity contribution in [3.8, 4) is 11.1 Å². The van der Waals surface area contributed by atoms with Crippen molar-refractivity contribution in [2.45, 2.75) is 0 Å². The van der Waals surface area contributed by atoms with Gasteiger partial charge in [-0.05, 0) is 23.3 Å². The number of benzene rings is 3. The average Bonchev–Trinajstić information content (AvgIpc) is 2.75. The molecule has 0 saturated carbocycles. The van der Waals surface area contributed by atoms with Crippen LogP contribution in [0.1, 0.15) is 41.4 Å². The Morgan fingerprint density at radius 3 is 1.00 bits per heavy atom. The first kappa shape index (κ1) is 17.5. The second kappa shape index (κ2) is 7.00. The molecular weight excluding hydrogens is 352 g/mol. The van der Waals surface area contributed by atoms with E-state index in [1.165, 1.54) is 12.2 Å². The van der Waals surface area contributed by atoms with Crippen molar-refractivity contribution >= 4 is 23.1 Å². The molecule has 0 atom stereocenters. The molecule has 0 amide bonds. The molecule has 2 aliphatic carbocycles. The van der Waals surface area contributed by atoms with Gasteiger partial charge in [0.25, 0.3) is 0 Å². The van der Waals surface area contributed by atoms with Gasteiger partial charge in [-0.2, -0.15) is 0 Å². The van der Waals surface area contributed by atoms with Gasteiger partial charge in [0.05, 0.1) is 0 Å². The van der Waals surface area contributed by atoms with Crippen LogP contribution in [-0.2, 0) is 0 Å². The van der Waals surface area contributed by atoms with Crippen LogP contribution in [0.15, 0.2) is 84.9 Å². The minimum absolute atomic E-state index is 0.0924. The van der Waals surface area contributed by atoms with E-state index in [1.807, 2.05) is 24.3 Å². The van der Waals surface area contributed by atoms with Crippen molar-refractivity contribution in [2.24, 2.45) is 0 Å². The van der Waals surface area contributed by atoms with E-state index >= 15 is 0 Å². The van der Waals surface area contributed by atoms with E-state index in [1.54, 1.807) is 48.5 Å². The molecule has 0 N–H and O–H groups in total. The Morgan fingerprint density at radius 2 is 0.643 bits per heavy atom. The summed E-state index contributed by atoms with van der Waals surface area (Å²) in [6.45, 7) is 0. The third-order valence-electron chi connectivity index (χ3n) is 4.68. The smallest absolute Gasteiger partial charge is 0.234 e. The van der Waals surface area contributed by atoms with Crippen LogP contribution in [0.3, 0.4) is 0 Å². The minimum atomic E-state index is -0.408. The van der Waals surface area contributed by atoms with E-state index in [0.29, 0.717) is 22.3 Å². The van der Waals surface area contributed by atoms with Crippen LogP contribution in [0.25, 0.3) is 11.1 Å². The monoisotopic (exact) mass is 366 g/mol. The van der Waals surface area contributed by atoms with Gasteiger partial charge in [-0.1, -0.05) is 72.8 Å². The molecule has 0 aromatic heterocycles. The van der Waals surface area contributed by atoms with E-state index in [-0.39, 0.29) is 11.6 Å². The molecule has 0 aliphatic heterocycles. The summed E-state index contributed by atoms with van der Waals surface area (Å²) in [7, 11) is 0. The third-order valence-corrected chi connectivity index (χ3v) is 4.68. The summed E-state index contributed by atoms with van der Waals surface area (Å²) in [4.78, 5) is 46.0. The van der Waals surface area contributed by atoms with E-state index < -0.39 is 11.6 Å². The zero-order valence-corrected chi connectivity index (χ0v) is 14.7. The number of hydrogen-bond acceptors (Lipinski definition) is 4. The number of carbonyl (C=O) groups is 4. The molecule has 0 fully saturated rings. The molecule has 0 saturated heterocycles. The molecule has 4 heteroatoms. The van der Waals surface area contributed by atoms with Gasteiger partial charge in [-0.25, -0.2) is 0 Å². The van der Waals surface area contributed by atoms with Crippen LogP contribution in [0.4, 0.5) is 0 Å². The Kier molecular flexibility index (Phi) is 4.38. The molecule has 3 aromatic rings. The predicted octanol–water partition coefficient (Wildman–Crippen LogP) is 4.35. The number of ketones is 4. The number of allylic oxidation sites excluding steroid dienone is 2. The maximum atomic E-state index is 11.8. The second-order valence-corrected chi connectivity index (χ2v) is 6.36. The van der Waals surface area contributed by atoms with Crippen LogP contribution in [0.2, 0.25) is 0 Å². The van der Waals surface area contributed by atoms with Crippen LogP contribution in [0.5, 0.6) is 0 Å². The summed E-state index contributed by atoms with van der Waals surface area (Å²) in [5, 5.41) is 0. The van der Waals surface area contributed by atoms with Crippen LogP contribution in [-0.4, -0.2) is 23.1 Å². The number of fused-ring (bicyclic) bond motifs is 4. The van der Waals surface area contributed by atoms with Crippen molar-refractivity contribution in [3.63, 3.8) is 0 Å². The first-order valence-electron chi connectivity index (χ1n) is 8.71. The highest BCUT2D eigenvalue weighted by Gasteiger charge is 2.29. The first-order valence-corrected chi connectivity index (χ1v) is 8.71. The molecule has 0 spiro atoms. The van der Waals surface area contributed by atoms with Crippen LogP contribution in [0, 0.1) is 0 Å². The number of carbonyl (C=O) groups excluding carboxylic acids is 4. The molecule has 0 radical (unpaired) electrons. The van der Waals surface area contributed by atoms with Gasteiger partial charge < -0.3 is 0 Å². The van der Waals surface area contributed by atoms with Gasteiger partial charge in [0.1, 0.15) is 0 Å². The van der Waals surface area contributed by atoms with E-state index in [4.69, 9.17) is 0 Å². The van der Waals surface area contributed by atoms with E-state index in [9.17, 15) is 19.2 Å². The van der Waals surface area contributed by atoms with Crippen molar-refractivity contribution in [1.82, 2.24) is 0 Å². The lowest BCUT2D eigenvalue weighted by atomic mass is 9.84. The zero-order chi connectivity index (χ0) is 19.7. The number of hydrogen-bond donors (Lipinski definition) is 0. The Balaban J connectivity index is 0.000000143. The minimum Gasteiger partial charge on any atom is -0.289 e. The second-order valence-electron chi connectivity index (χ2n) is 6.36. The topological polar surface area (TPSA) is 68.3 Å². The predicted molar refractivity (Wildman–Crippen MR) is 105 cm³/mol. The molecule has 0 heterocycles. The number of Topliss-reactive ketones (excluding diaryl/α,β-unsaturated/α-hetero) is 2. The summed E-state index contributed by atoms with van der Waals surface area (Å²) in [6.07, 6.45) is 2.62. The fourth-order valence-corrected chi connectivity index (χ4v) is 3.32. The normalized spacial score (nSPS) is 13.9. The average molecular weight is 366 g/mol. The Bertz CT molecular complexity index is 1090. The highest BCUT2D eigenvalue weighted by molar-refractivity contribution is 6.52. The molecule has 0 unspecified atom stereocenters. The Morgan fingerprint density at radius 1 is 0.357 bits per heavy atom. The molecule has 134 valence electrons. The van der Waals surface area contributed by atoms with E-state index in [0.717, 1.165) is 11.1 Å². The summed E-state index contributed by atoms with van der Waals surface area (Å²) >= 11 is 0. The molecule has 4 nitrogen and oxygen atoms in total. The van der Waals surface area contributed by atoms with Crippen molar-refractivity contribution in [3.05, 3.63) is 107 Å². The maximum Gasteiger partial charge on any atom is 0.234 e. The van der Waals surface area contributed by atoms with Gasteiger partial charge in [0, 0.05) is 22.3 Å². The highest BCUT2D eigenvalue weighted by Crippen LogP contribution is 2.32. The summed E-state index contributed by atoms with van der Waals surface area (Å²) in [5.74, 6) is -1.00. The lowest BCUT2D eigenvalue weighted by Crippen LogP contribution is -2.20. The van der Waals surface area contributed by atoms with Crippen LogP contribution < -0.4 is 0 Å². The summed E-state index contributed by atoms with van der Waals surface area (Å²) in [5.41, 5.74) is 3.72. The zero-order valence-electron chi connectivity index (χ0n) is 14.7. The SMILES string of the molecule is O=C1C(=O)c2ccccc2-c2ccccc21.O=C1C=CC(=O)c2ccccc21. The van der Waals surface area contributed by atoms with Gasteiger partial charge in [0.2, 0.25) is 11.6 Å².